The van der Waals surface area contributed by atoms with Crippen LogP contribution in [0.1, 0.15) is 16.8 Å². The maximum atomic E-state index is 13.9. The van der Waals surface area contributed by atoms with Crippen LogP contribution in [0.4, 0.5) is 15.8 Å². The first-order chi connectivity index (χ1) is 12.5. The number of non-ortho nitro benzene ring substituents is 1. The van der Waals surface area contributed by atoms with Gasteiger partial charge in [-0.25, -0.2) is 4.39 Å². The Morgan fingerprint density at radius 3 is 2.58 bits per heavy atom. The fraction of sp³-hybridized carbons (Fsp3) is 0.278. The molecular weight excluding hydrogens is 405 g/mol. The fourth-order valence-electron chi connectivity index (χ4n) is 3.03. The minimum Gasteiger partial charge on any atom is -0.369 e. The molecule has 0 N–H and O–H groups in total. The number of hydrogen-bond donors (Lipinski definition) is 0. The number of nitro groups is 1. The van der Waals surface area contributed by atoms with Crippen molar-refractivity contribution >= 4 is 33.2 Å². The molecule has 1 saturated heterocycles. The summed E-state index contributed by atoms with van der Waals surface area (Å²) in [5.41, 5.74) is 0.945. The highest BCUT2D eigenvalue weighted by Crippen LogP contribution is 2.31. The minimum atomic E-state index is -0.517. The van der Waals surface area contributed by atoms with Gasteiger partial charge in [0.1, 0.15) is 5.82 Å². The average molecular weight is 422 g/mol. The van der Waals surface area contributed by atoms with Crippen LogP contribution in [-0.2, 0) is 0 Å². The van der Waals surface area contributed by atoms with Gasteiger partial charge in [0, 0.05) is 42.8 Å². The lowest BCUT2D eigenvalue weighted by molar-refractivity contribution is -0.384. The van der Waals surface area contributed by atoms with E-state index in [1.807, 2.05) is 0 Å². The molecule has 0 saturated carbocycles. The molecule has 0 unspecified atom stereocenters. The molecule has 1 aliphatic heterocycles. The number of hydrogen-bond acceptors (Lipinski definition) is 4. The van der Waals surface area contributed by atoms with E-state index in [0.29, 0.717) is 30.7 Å². The van der Waals surface area contributed by atoms with Gasteiger partial charge in [0.25, 0.3) is 11.6 Å². The van der Waals surface area contributed by atoms with E-state index in [-0.39, 0.29) is 17.2 Å². The summed E-state index contributed by atoms with van der Waals surface area (Å²) < 4.78 is 14.5. The molecular formula is C18H17BrFN3O3. The van der Waals surface area contributed by atoms with Gasteiger partial charge in [-0.2, -0.15) is 0 Å². The van der Waals surface area contributed by atoms with E-state index >= 15 is 0 Å². The molecule has 0 spiro atoms. The summed E-state index contributed by atoms with van der Waals surface area (Å²) in [6.45, 7) is 2.26. The fourth-order valence-corrected chi connectivity index (χ4v) is 3.65. The Kier molecular flexibility index (Phi) is 5.51. The Labute approximate surface area is 158 Å². The molecule has 0 bridgehead atoms. The zero-order chi connectivity index (χ0) is 18.7. The molecule has 1 fully saturated rings. The van der Waals surface area contributed by atoms with Crippen LogP contribution in [0.3, 0.4) is 0 Å². The van der Waals surface area contributed by atoms with Gasteiger partial charge >= 0.3 is 0 Å². The van der Waals surface area contributed by atoms with Crippen molar-refractivity contribution in [3.63, 3.8) is 0 Å². The Morgan fingerprint density at radius 1 is 1.12 bits per heavy atom. The van der Waals surface area contributed by atoms with Crippen LogP contribution in [0.2, 0.25) is 0 Å². The Hall–Kier alpha value is -2.48. The van der Waals surface area contributed by atoms with Gasteiger partial charge in [-0.1, -0.05) is 12.1 Å². The van der Waals surface area contributed by atoms with Crippen molar-refractivity contribution in [2.75, 3.05) is 31.1 Å². The topological polar surface area (TPSA) is 66.7 Å². The third-order valence-corrected chi connectivity index (χ3v) is 5.01. The summed E-state index contributed by atoms with van der Waals surface area (Å²) in [5.74, 6) is -0.829. The van der Waals surface area contributed by atoms with Crippen molar-refractivity contribution in [1.82, 2.24) is 4.90 Å². The maximum Gasteiger partial charge on any atom is 0.270 e. The molecule has 0 aromatic heterocycles. The van der Waals surface area contributed by atoms with Crippen LogP contribution in [0.25, 0.3) is 0 Å². The van der Waals surface area contributed by atoms with Crippen molar-refractivity contribution in [2.45, 2.75) is 6.42 Å². The smallest absolute Gasteiger partial charge is 0.270 e. The lowest BCUT2D eigenvalue weighted by Gasteiger charge is -2.24. The van der Waals surface area contributed by atoms with Crippen molar-refractivity contribution in [1.29, 1.82) is 0 Å². The number of carbonyl (C=O) groups is 1. The van der Waals surface area contributed by atoms with Crippen LogP contribution >= 0.6 is 15.9 Å². The monoisotopic (exact) mass is 421 g/mol. The highest BCUT2D eigenvalue weighted by Gasteiger charge is 2.23. The van der Waals surface area contributed by atoms with Gasteiger partial charge in [0.05, 0.1) is 16.2 Å². The van der Waals surface area contributed by atoms with E-state index < -0.39 is 10.7 Å². The molecule has 26 heavy (non-hydrogen) atoms. The number of halogens is 2. The molecule has 1 aliphatic rings. The van der Waals surface area contributed by atoms with E-state index in [1.54, 1.807) is 23.1 Å². The molecule has 8 heteroatoms. The lowest BCUT2D eigenvalue weighted by Crippen LogP contribution is -2.35. The van der Waals surface area contributed by atoms with Crippen molar-refractivity contribution in [3.05, 3.63) is 68.4 Å². The number of nitrogens with zero attached hydrogens (tertiary/aromatic N) is 3. The Balaban J connectivity index is 1.73. The normalized spacial score (nSPS) is 14.8. The SMILES string of the molecule is O=C(c1ccccc1F)N1CCCN(c2ccc([N+](=O)[O-])cc2Br)CC1. The summed E-state index contributed by atoms with van der Waals surface area (Å²) in [6.07, 6.45) is 0.726. The van der Waals surface area contributed by atoms with Crippen molar-refractivity contribution in [2.24, 2.45) is 0 Å². The van der Waals surface area contributed by atoms with Crippen LogP contribution < -0.4 is 4.90 Å². The molecule has 0 aliphatic carbocycles. The van der Waals surface area contributed by atoms with E-state index in [9.17, 15) is 19.3 Å². The third-order valence-electron chi connectivity index (χ3n) is 4.37. The van der Waals surface area contributed by atoms with E-state index in [0.717, 1.165) is 12.1 Å². The second-order valence-corrected chi connectivity index (χ2v) is 6.86. The molecule has 0 radical (unpaired) electrons. The Bertz CT molecular complexity index is 846. The maximum absolute atomic E-state index is 13.9. The highest BCUT2D eigenvalue weighted by molar-refractivity contribution is 9.10. The molecule has 1 heterocycles. The van der Waals surface area contributed by atoms with Crippen molar-refractivity contribution < 1.29 is 14.1 Å². The molecule has 6 nitrogen and oxygen atoms in total. The average Bonchev–Trinajstić information content (AvgIpc) is 2.87. The van der Waals surface area contributed by atoms with Crippen LogP contribution in [0.5, 0.6) is 0 Å². The molecule has 3 rings (SSSR count). The number of anilines is 1. The second-order valence-electron chi connectivity index (χ2n) is 6.01. The Morgan fingerprint density at radius 2 is 1.88 bits per heavy atom. The minimum absolute atomic E-state index is 0.0202. The van der Waals surface area contributed by atoms with Gasteiger partial charge in [-0.3, -0.25) is 14.9 Å². The quantitative estimate of drug-likeness (QED) is 0.557. The van der Waals surface area contributed by atoms with Gasteiger partial charge in [0.2, 0.25) is 0 Å². The number of rotatable bonds is 3. The van der Waals surface area contributed by atoms with Gasteiger partial charge in [-0.15, -0.1) is 0 Å². The number of benzene rings is 2. The van der Waals surface area contributed by atoms with Crippen LogP contribution in [0, 0.1) is 15.9 Å². The van der Waals surface area contributed by atoms with Crippen LogP contribution in [0.15, 0.2) is 46.9 Å². The van der Waals surface area contributed by atoms with Gasteiger partial charge < -0.3 is 9.80 Å². The van der Waals surface area contributed by atoms with Gasteiger partial charge in [-0.05, 0) is 40.5 Å². The molecule has 136 valence electrons. The number of carbonyl (C=O) groups excluding carboxylic acids is 1. The van der Waals surface area contributed by atoms with E-state index in [2.05, 4.69) is 20.8 Å². The molecule has 0 atom stereocenters. The summed E-state index contributed by atoms with van der Waals surface area (Å²) >= 11 is 3.39. The first-order valence-electron chi connectivity index (χ1n) is 8.20. The first-order valence-corrected chi connectivity index (χ1v) is 8.99. The number of amides is 1. The van der Waals surface area contributed by atoms with Crippen LogP contribution in [-0.4, -0.2) is 41.9 Å². The van der Waals surface area contributed by atoms with E-state index in [4.69, 9.17) is 0 Å². The predicted molar refractivity (Wildman–Crippen MR) is 99.9 cm³/mol. The predicted octanol–water partition coefficient (Wildman–Crippen LogP) is 3.85. The summed E-state index contributed by atoms with van der Waals surface area (Å²) in [6, 6.07) is 10.6. The summed E-state index contributed by atoms with van der Waals surface area (Å²) in [7, 11) is 0. The molecule has 2 aromatic carbocycles. The van der Waals surface area contributed by atoms with E-state index in [1.165, 1.54) is 24.3 Å². The lowest BCUT2D eigenvalue weighted by atomic mass is 10.2. The van der Waals surface area contributed by atoms with Crippen molar-refractivity contribution in [3.8, 4) is 0 Å². The summed E-state index contributed by atoms with van der Waals surface area (Å²) in [4.78, 5) is 26.7. The largest absolute Gasteiger partial charge is 0.369 e. The third kappa shape index (κ3) is 3.85. The highest BCUT2D eigenvalue weighted by atomic mass is 79.9. The first kappa shape index (κ1) is 18.3. The standard InChI is InChI=1S/C18H17BrFN3O3/c19-15-12-13(23(25)26)6-7-17(15)21-8-3-9-22(11-10-21)18(24)14-4-1-2-5-16(14)20/h1-2,4-7,12H,3,8-11H2. The van der Waals surface area contributed by atoms with Gasteiger partial charge in [0.15, 0.2) is 0 Å². The zero-order valence-electron chi connectivity index (χ0n) is 13.9. The molecule has 2 aromatic rings. The summed E-state index contributed by atoms with van der Waals surface area (Å²) in [5, 5.41) is 10.9. The molecule has 1 amide bonds. The second kappa shape index (κ2) is 7.82. The number of nitro benzene ring substituents is 1. The zero-order valence-corrected chi connectivity index (χ0v) is 15.5.